The van der Waals surface area contributed by atoms with Crippen LogP contribution in [0.25, 0.3) is 6.08 Å². The fourth-order valence-electron chi connectivity index (χ4n) is 3.36. The summed E-state index contributed by atoms with van der Waals surface area (Å²) in [5.74, 6) is 0.356. The van der Waals surface area contributed by atoms with E-state index in [1.165, 1.54) is 4.90 Å². The Hall–Kier alpha value is -2.99. The van der Waals surface area contributed by atoms with Crippen molar-refractivity contribution in [2.75, 3.05) is 4.90 Å². The van der Waals surface area contributed by atoms with Crippen molar-refractivity contribution >= 4 is 57.9 Å². The molecule has 33 heavy (non-hydrogen) atoms. The molecule has 0 bridgehead atoms. The number of imide groups is 1. The van der Waals surface area contributed by atoms with Gasteiger partial charge < -0.3 is 4.74 Å². The van der Waals surface area contributed by atoms with E-state index in [-0.39, 0.29) is 17.8 Å². The molecule has 0 spiro atoms. The number of benzene rings is 3. The summed E-state index contributed by atoms with van der Waals surface area (Å²) in [6.45, 7) is 4.11. The van der Waals surface area contributed by atoms with Crippen molar-refractivity contribution in [3.05, 3.63) is 111 Å². The minimum atomic E-state index is -0.334. The van der Waals surface area contributed by atoms with Crippen LogP contribution < -0.4 is 9.64 Å². The van der Waals surface area contributed by atoms with E-state index in [1.807, 2.05) is 30.3 Å². The molecule has 0 aliphatic carbocycles. The van der Waals surface area contributed by atoms with E-state index in [1.54, 1.807) is 48.6 Å². The maximum atomic E-state index is 12.9. The second-order valence-electron chi connectivity index (χ2n) is 7.24. The molecule has 3 aromatic carbocycles. The molecule has 0 unspecified atom stereocenters. The van der Waals surface area contributed by atoms with E-state index in [0.29, 0.717) is 32.8 Å². The Morgan fingerprint density at radius 1 is 0.970 bits per heavy atom. The molecule has 4 rings (SSSR count). The second-order valence-corrected chi connectivity index (χ2v) is 9.07. The van der Waals surface area contributed by atoms with Gasteiger partial charge in [0.1, 0.15) is 12.4 Å². The molecule has 166 valence electrons. The molecular formula is C26H19Cl2NO3S. The van der Waals surface area contributed by atoms with Gasteiger partial charge in [-0.3, -0.25) is 9.59 Å². The van der Waals surface area contributed by atoms with Gasteiger partial charge in [-0.1, -0.05) is 59.6 Å². The topological polar surface area (TPSA) is 46.6 Å². The number of allylic oxidation sites excluding steroid dienone is 1. The van der Waals surface area contributed by atoms with Gasteiger partial charge in [-0.25, -0.2) is 4.90 Å². The SMILES string of the molecule is C=CCc1cc(/C=C2\SC(=O)N(c3ccccc3)C2=O)ccc1OCc1ccc(Cl)cc1Cl. The van der Waals surface area contributed by atoms with Gasteiger partial charge in [0.15, 0.2) is 0 Å². The Bertz CT molecular complexity index is 1260. The molecular weight excluding hydrogens is 477 g/mol. The fourth-order valence-corrected chi connectivity index (χ4v) is 4.66. The van der Waals surface area contributed by atoms with Gasteiger partial charge >= 0.3 is 0 Å². The van der Waals surface area contributed by atoms with Gasteiger partial charge in [0.2, 0.25) is 0 Å². The molecule has 0 radical (unpaired) electrons. The van der Waals surface area contributed by atoms with Crippen LogP contribution in [-0.2, 0) is 17.8 Å². The smallest absolute Gasteiger partial charge is 0.298 e. The predicted octanol–water partition coefficient (Wildman–Crippen LogP) is 7.54. The normalized spacial score (nSPS) is 14.7. The van der Waals surface area contributed by atoms with Crippen LogP contribution in [0.2, 0.25) is 10.0 Å². The Balaban J connectivity index is 1.56. The highest BCUT2D eigenvalue weighted by molar-refractivity contribution is 8.19. The van der Waals surface area contributed by atoms with Crippen LogP contribution in [0.5, 0.6) is 5.75 Å². The standard InChI is InChI=1S/C26H19Cl2NO3S/c1-2-6-18-13-17(9-12-23(18)32-16-19-10-11-20(27)15-22(19)28)14-24-25(30)29(26(31)33-24)21-7-4-3-5-8-21/h2-5,7-15H,1,6,16H2/b24-14-. The number of hydrogen-bond donors (Lipinski definition) is 0. The second kappa shape index (κ2) is 10.3. The quantitative estimate of drug-likeness (QED) is 0.250. The van der Waals surface area contributed by atoms with Crippen LogP contribution in [0.4, 0.5) is 10.5 Å². The molecule has 1 fully saturated rings. The molecule has 1 aliphatic rings. The number of para-hydroxylation sites is 1. The highest BCUT2D eigenvalue weighted by Gasteiger charge is 2.36. The van der Waals surface area contributed by atoms with Gasteiger partial charge in [-0.05, 0) is 71.8 Å². The van der Waals surface area contributed by atoms with Crippen LogP contribution in [0.15, 0.2) is 84.3 Å². The van der Waals surface area contributed by atoms with Crippen molar-refractivity contribution in [2.24, 2.45) is 0 Å². The van der Waals surface area contributed by atoms with Crippen molar-refractivity contribution < 1.29 is 14.3 Å². The van der Waals surface area contributed by atoms with E-state index in [2.05, 4.69) is 6.58 Å². The first-order valence-corrected chi connectivity index (χ1v) is 11.7. The Morgan fingerprint density at radius 2 is 1.76 bits per heavy atom. The lowest BCUT2D eigenvalue weighted by Gasteiger charge is -2.13. The number of ether oxygens (including phenoxy) is 1. The first-order valence-electron chi connectivity index (χ1n) is 10.1. The number of halogens is 2. The third-order valence-electron chi connectivity index (χ3n) is 4.95. The van der Waals surface area contributed by atoms with Crippen molar-refractivity contribution in [1.82, 2.24) is 0 Å². The fraction of sp³-hybridized carbons (Fsp3) is 0.0769. The minimum Gasteiger partial charge on any atom is -0.489 e. The van der Waals surface area contributed by atoms with Gasteiger partial charge in [0.05, 0.1) is 10.6 Å². The van der Waals surface area contributed by atoms with Gasteiger partial charge in [0.25, 0.3) is 11.1 Å². The lowest BCUT2D eigenvalue weighted by atomic mass is 10.1. The molecule has 1 saturated heterocycles. The number of carbonyl (C=O) groups is 2. The molecule has 0 N–H and O–H groups in total. The van der Waals surface area contributed by atoms with Crippen molar-refractivity contribution in [3.8, 4) is 5.75 Å². The van der Waals surface area contributed by atoms with Gasteiger partial charge in [-0.2, -0.15) is 0 Å². The lowest BCUT2D eigenvalue weighted by molar-refractivity contribution is -0.113. The van der Waals surface area contributed by atoms with E-state index < -0.39 is 0 Å². The van der Waals surface area contributed by atoms with Crippen LogP contribution >= 0.6 is 35.0 Å². The summed E-state index contributed by atoms with van der Waals surface area (Å²) < 4.78 is 6.00. The van der Waals surface area contributed by atoms with E-state index >= 15 is 0 Å². The summed E-state index contributed by atoms with van der Waals surface area (Å²) in [6.07, 6.45) is 4.08. The number of carbonyl (C=O) groups excluding carboxylic acids is 2. The monoisotopic (exact) mass is 495 g/mol. The highest BCUT2D eigenvalue weighted by atomic mass is 35.5. The molecule has 1 aliphatic heterocycles. The summed E-state index contributed by atoms with van der Waals surface area (Å²) >= 11 is 13.1. The average Bonchev–Trinajstić information content (AvgIpc) is 3.07. The molecule has 7 heteroatoms. The number of nitrogens with zero attached hydrogens (tertiary/aromatic N) is 1. The Kier molecular flexibility index (Phi) is 7.23. The zero-order chi connectivity index (χ0) is 23.4. The zero-order valence-corrected chi connectivity index (χ0v) is 19.8. The van der Waals surface area contributed by atoms with Crippen molar-refractivity contribution in [3.63, 3.8) is 0 Å². The summed E-state index contributed by atoms with van der Waals surface area (Å²) in [5, 5.41) is 0.791. The number of thioether (sulfide) groups is 1. The first-order chi connectivity index (χ1) is 16.0. The number of anilines is 1. The highest BCUT2D eigenvalue weighted by Crippen LogP contribution is 2.36. The average molecular weight is 496 g/mol. The molecule has 0 saturated carbocycles. The third kappa shape index (κ3) is 5.33. The Labute approximate surface area is 206 Å². The third-order valence-corrected chi connectivity index (χ3v) is 6.41. The maximum absolute atomic E-state index is 12.9. The van der Waals surface area contributed by atoms with E-state index in [9.17, 15) is 9.59 Å². The van der Waals surface area contributed by atoms with E-state index in [4.69, 9.17) is 27.9 Å². The lowest BCUT2D eigenvalue weighted by Crippen LogP contribution is -2.27. The van der Waals surface area contributed by atoms with Crippen LogP contribution in [0.3, 0.4) is 0 Å². The predicted molar refractivity (Wildman–Crippen MR) is 136 cm³/mol. The van der Waals surface area contributed by atoms with Crippen LogP contribution in [0, 0.1) is 0 Å². The zero-order valence-electron chi connectivity index (χ0n) is 17.5. The van der Waals surface area contributed by atoms with Crippen LogP contribution in [0.1, 0.15) is 16.7 Å². The largest absolute Gasteiger partial charge is 0.489 e. The molecule has 1 heterocycles. The maximum Gasteiger partial charge on any atom is 0.298 e. The summed E-state index contributed by atoms with van der Waals surface area (Å²) in [7, 11) is 0. The summed E-state index contributed by atoms with van der Waals surface area (Å²) in [6, 6.07) is 19.8. The van der Waals surface area contributed by atoms with Gasteiger partial charge in [-0.15, -0.1) is 6.58 Å². The Morgan fingerprint density at radius 3 is 2.48 bits per heavy atom. The molecule has 3 aromatic rings. The number of rotatable bonds is 7. The summed E-state index contributed by atoms with van der Waals surface area (Å²) in [5.41, 5.74) is 3.08. The molecule has 0 atom stereocenters. The molecule has 4 nitrogen and oxygen atoms in total. The van der Waals surface area contributed by atoms with E-state index in [0.717, 1.165) is 28.5 Å². The van der Waals surface area contributed by atoms with Crippen molar-refractivity contribution in [1.29, 1.82) is 0 Å². The number of amides is 2. The summed E-state index contributed by atoms with van der Waals surface area (Å²) in [4.78, 5) is 26.9. The van der Waals surface area contributed by atoms with Crippen LogP contribution in [-0.4, -0.2) is 11.1 Å². The first kappa shape index (κ1) is 23.2. The molecule has 0 aromatic heterocycles. The minimum absolute atomic E-state index is 0.287. The van der Waals surface area contributed by atoms with Crippen molar-refractivity contribution in [2.45, 2.75) is 13.0 Å². The van der Waals surface area contributed by atoms with Gasteiger partial charge in [0, 0.05) is 15.6 Å². The number of hydrogen-bond acceptors (Lipinski definition) is 4. The molecule has 2 amide bonds.